The highest BCUT2D eigenvalue weighted by Crippen LogP contribution is 2.17. The average molecular weight is 265 g/mol. The second kappa shape index (κ2) is 8.58. The monoisotopic (exact) mass is 265 g/mol. The van der Waals surface area contributed by atoms with E-state index in [1.165, 1.54) is 30.3 Å². The van der Waals surface area contributed by atoms with Gasteiger partial charge >= 0.3 is 0 Å². The van der Waals surface area contributed by atoms with Crippen LogP contribution in [-0.4, -0.2) is 16.1 Å². The maximum Gasteiger partial charge on any atom is 0.250 e. The van der Waals surface area contributed by atoms with Crippen molar-refractivity contribution < 1.29 is 4.79 Å². The molecule has 0 spiro atoms. The van der Waals surface area contributed by atoms with Gasteiger partial charge in [0.05, 0.1) is 0 Å². The quantitative estimate of drug-likeness (QED) is 0.467. The van der Waals surface area contributed by atoms with Crippen molar-refractivity contribution in [3.8, 4) is 0 Å². The van der Waals surface area contributed by atoms with Crippen LogP contribution in [0.25, 0.3) is 0 Å². The minimum Gasteiger partial charge on any atom is -0.297 e. The van der Waals surface area contributed by atoms with Gasteiger partial charge in [0.1, 0.15) is 5.01 Å². The number of hydrogen-bond donors (Lipinski definition) is 1. The zero-order valence-corrected chi connectivity index (χ0v) is 11.7. The first-order valence-corrected chi connectivity index (χ1v) is 7.00. The van der Waals surface area contributed by atoms with E-state index in [0.717, 1.165) is 17.8 Å². The number of aromatic nitrogens is 2. The molecule has 0 saturated carbocycles. The Labute approximate surface area is 112 Å². The molecule has 0 aliphatic carbocycles. The number of aryl methyl sites for hydroxylation is 1. The van der Waals surface area contributed by atoms with Gasteiger partial charge in [-0.25, -0.2) is 0 Å². The van der Waals surface area contributed by atoms with Crippen LogP contribution in [0, 0.1) is 0 Å². The summed E-state index contributed by atoms with van der Waals surface area (Å²) >= 11 is 1.44. The number of carbonyl (C=O) groups is 1. The molecular formula is C13H19N3OS. The summed E-state index contributed by atoms with van der Waals surface area (Å²) in [6, 6.07) is 0. The molecule has 1 aromatic heterocycles. The Bertz CT molecular complexity index is 424. The molecular weight excluding hydrogens is 246 g/mol. The highest BCUT2D eigenvalue weighted by molar-refractivity contribution is 7.15. The molecule has 0 unspecified atom stereocenters. The summed E-state index contributed by atoms with van der Waals surface area (Å²) in [5.41, 5.74) is 0. The van der Waals surface area contributed by atoms with Gasteiger partial charge in [0.25, 0.3) is 0 Å². The lowest BCUT2D eigenvalue weighted by molar-refractivity contribution is -0.111. The predicted molar refractivity (Wildman–Crippen MR) is 75.7 cm³/mol. The van der Waals surface area contributed by atoms with E-state index in [1.54, 1.807) is 12.2 Å². The van der Waals surface area contributed by atoms with Crippen LogP contribution in [0.2, 0.25) is 0 Å². The van der Waals surface area contributed by atoms with Gasteiger partial charge in [-0.2, -0.15) is 0 Å². The van der Waals surface area contributed by atoms with Gasteiger partial charge in [-0.05, 0) is 13.3 Å². The number of nitrogens with one attached hydrogen (secondary N) is 1. The van der Waals surface area contributed by atoms with Gasteiger partial charge in [-0.3, -0.25) is 10.1 Å². The van der Waals surface area contributed by atoms with Gasteiger partial charge in [0.15, 0.2) is 0 Å². The molecule has 0 atom stereocenters. The molecule has 0 saturated heterocycles. The molecule has 0 aromatic carbocycles. The molecule has 0 bridgehead atoms. The first-order valence-electron chi connectivity index (χ1n) is 6.19. The fraction of sp³-hybridized carbons (Fsp3) is 0.462. The van der Waals surface area contributed by atoms with Gasteiger partial charge in [0.2, 0.25) is 11.0 Å². The van der Waals surface area contributed by atoms with Crippen LogP contribution in [0.15, 0.2) is 24.3 Å². The smallest absolute Gasteiger partial charge is 0.250 e. The number of carbonyl (C=O) groups excluding carboxylic acids is 1. The van der Waals surface area contributed by atoms with Crippen molar-refractivity contribution in [3.63, 3.8) is 0 Å². The number of anilines is 1. The number of rotatable bonds is 7. The van der Waals surface area contributed by atoms with Crippen LogP contribution in [0.3, 0.4) is 0 Å². The number of unbranched alkanes of at least 4 members (excludes halogenated alkanes) is 2. The molecule has 1 amide bonds. The Hall–Kier alpha value is -1.49. The van der Waals surface area contributed by atoms with E-state index in [4.69, 9.17) is 0 Å². The van der Waals surface area contributed by atoms with Gasteiger partial charge in [-0.15, -0.1) is 10.2 Å². The van der Waals surface area contributed by atoms with E-state index >= 15 is 0 Å². The standard InChI is InChI=1S/C13H19N3OS/c1-3-5-7-9-11(17)14-13-16-15-12(18-13)10-8-6-4-2/h3,5,7,9H,4,6,8,10H2,1-2H3,(H,14,16,17)/b5-3?,9-7+. The highest BCUT2D eigenvalue weighted by Gasteiger charge is 2.05. The Morgan fingerprint density at radius 3 is 2.89 bits per heavy atom. The van der Waals surface area contributed by atoms with Crippen molar-refractivity contribution in [1.29, 1.82) is 0 Å². The minimum atomic E-state index is -0.177. The number of amides is 1. The van der Waals surface area contributed by atoms with Crippen molar-refractivity contribution in [3.05, 3.63) is 29.3 Å². The van der Waals surface area contributed by atoms with Gasteiger partial charge in [0, 0.05) is 12.5 Å². The fourth-order valence-electron chi connectivity index (χ4n) is 1.33. The molecule has 0 radical (unpaired) electrons. The molecule has 0 fully saturated rings. The third-order valence-corrected chi connectivity index (χ3v) is 3.14. The number of allylic oxidation sites excluding steroid dienone is 3. The zero-order chi connectivity index (χ0) is 13.2. The largest absolute Gasteiger partial charge is 0.297 e. The molecule has 4 nitrogen and oxygen atoms in total. The lowest BCUT2D eigenvalue weighted by Gasteiger charge is -1.94. The molecule has 18 heavy (non-hydrogen) atoms. The number of hydrogen-bond acceptors (Lipinski definition) is 4. The Kier molecular flexibility index (Phi) is 6.94. The van der Waals surface area contributed by atoms with Crippen molar-refractivity contribution in [2.75, 3.05) is 5.32 Å². The lowest BCUT2D eigenvalue weighted by atomic mass is 10.2. The molecule has 1 rings (SSSR count). The molecule has 0 aliphatic heterocycles. The summed E-state index contributed by atoms with van der Waals surface area (Å²) in [5, 5.41) is 12.2. The van der Waals surface area contributed by atoms with E-state index in [0.29, 0.717) is 5.13 Å². The van der Waals surface area contributed by atoms with Crippen molar-refractivity contribution in [1.82, 2.24) is 10.2 Å². The van der Waals surface area contributed by atoms with Crippen LogP contribution in [-0.2, 0) is 11.2 Å². The summed E-state index contributed by atoms with van der Waals surface area (Å²) in [6.45, 7) is 4.07. The maximum absolute atomic E-state index is 11.5. The first kappa shape index (κ1) is 14.6. The second-order valence-corrected chi connectivity index (χ2v) is 4.89. The highest BCUT2D eigenvalue weighted by atomic mass is 32.1. The summed E-state index contributed by atoms with van der Waals surface area (Å²) < 4.78 is 0. The van der Waals surface area contributed by atoms with Crippen LogP contribution in [0.1, 0.15) is 38.1 Å². The van der Waals surface area contributed by atoms with Crippen LogP contribution in [0.4, 0.5) is 5.13 Å². The topological polar surface area (TPSA) is 54.9 Å². The number of nitrogens with zero attached hydrogens (tertiary/aromatic N) is 2. The second-order valence-electron chi connectivity index (χ2n) is 3.83. The molecule has 1 N–H and O–H groups in total. The van der Waals surface area contributed by atoms with Crippen molar-refractivity contribution >= 4 is 22.4 Å². The van der Waals surface area contributed by atoms with E-state index in [9.17, 15) is 4.79 Å². The van der Waals surface area contributed by atoms with Crippen LogP contribution < -0.4 is 5.32 Å². The van der Waals surface area contributed by atoms with Crippen molar-refractivity contribution in [2.45, 2.75) is 39.5 Å². The molecule has 1 aromatic rings. The summed E-state index contributed by atoms with van der Waals surface area (Å²) in [5.74, 6) is -0.177. The minimum absolute atomic E-state index is 0.177. The van der Waals surface area contributed by atoms with Crippen LogP contribution in [0.5, 0.6) is 0 Å². The molecule has 5 heteroatoms. The van der Waals surface area contributed by atoms with E-state index in [2.05, 4.69) is 22.4 Å². The average Bonchev–Trinajstić information content (AvgIpc) is 2.77. The fourth-order valence-corrected chi connectivity index (χ4v) is 2.12. The molecule has 1 heterocycles. The normalized spacial score (nSPS) is 11.4. The Morgan fingerprint density at radius 1 is 1.33 bits per heavy atom. The lowest BCUT2D eigenvalue weighted by Crippen LogP contribution is -2.07. The van der Waals surface area contributed by atoms with Crippen molar-refractivity contribution in [2.24, 2.45) is 0 Å². The summed E-state index contributed by atoms with van der Waals surface area (Å²) in [6.07, 6.45) is 11.3. The summed E-state index contributed by atoms with van der Waals surface area (Å²) in [7, 11) is 0. The van der Waals surface area contributed by atoms with Gasteiger partial charge in [-0.1, -0.05) is 49.3 Å². The third kappa shape index (κ3) is 5.72. The van der Waals surface area contributed by atoms with E-state index < -0.39 is 0 Å². The van der Waals surface area contributed by atoms with E-state index in [1.807, 2.05) is 13.0 Å². The molecule has 0 aliphatic rings. The third-order valence-electron chi connectivity index (χ3n) is 2.24. The predicted octanol–water partition coefficient (Wildman–Crippen LogP) is 3.34. The SMILES string of the molecule is CC=C/C=C/C(=O)Nc1nnc(CCCCC)s1. The Balaban J connectivity index is 2.41. The molecule has 98 valence electrons. The first-order chi connectivity index (χ1) is 8.76. The van der Waals surface area contributed by atoms with Crippen LogP contribution >= 0.6 is 11.3 Å². The van der Waals surface area contributed by atoms with Gasteiger partial charge < -0.3 is 0 Å². The summed E-state index contributed by atoms with van der Waals surface area (Å²) in [4.78, 5) is 11.5. The Morgan fingerprint density at radius 2 is 2.17 bits per heavy atom. The van der Waals surface area contributed by atoms with E-state index in [-0.39, 0.29) is 5.91 Å². The maximum atomic E-state index is 11.5. The zero-order valence-electron chi connectivity index (χ0n) is 10.8.